The molecule has 0 aliphatic carbocycles. The van der Waals surface area contributed by atoms with E-state index >= 15 is 0 Å². The summed E-state index contributed by atoms with van der Waals surface area (Å²) >= 11 is 13.2. The van der Waals surface area contributed by atoms with Crippen molar-refractivity contribution in [2.75, 3.05) is 0 Å². The van der Waals surface area contributed by atoms with Gasteiger partial charge in [0, 0.05) is 11.5 Å². The van der Waals surface area contributed by atoms with Gasteiger partial charge in [-0.1, -0.05) is 23.2 Å². The zero-order valence-electron chi connectivity index (χ0n) is 5.84. The fraction of sp³-hybridized carbons (Fsp3) is 0. The summed E-state index contributed by atoms with van der Waals surface area (Å²) < 4.78 is 0.835. The third-order valence-electron chi connectivity index (χ3n) is 1.61. The largest absolute Gasteiger partial charge is 0.506 e. The number of thiophene rings is 1. The van der Waals surface area contributed by atoms with Gasteiger partial charge in [-0.05, 0) is 11.4 Å². The minimum Gasteiger partial charge on any atom is -0.506 e. The summed E-state index contributed by atoms with van der Waals surface area (Å²) in [6.45, 7) is 0. The van der Waals surface area contributed by atoms with Gasteiger partial charge in [0.2, 0.25) is 0 Å². The number of fused-ring (bicyclic) bond motifs is 1. The van der Waals surface area contributed by atoms with Crippen LogP contribution in [0.4, 0.5) is 0 Å². The number of halogens is 2. The third-order valence-corrected chi connectivity index (χ3v) is 3.35. The number of benzene rings is 1. The van der Waals surface area contributed by atoms with E-state index in [4.69, 9.17) is 23.2 Å². The molecule has 0 bridgehead atoms. The lowest BCUT2D eigenvalue weighted by Crippen LogP contribution is -1.71. The molecule has 1 heterocycles. The maximum Gasteiger partial charge on any atom is 0.137 e. The predicted octanol–water partition coefficient (Wildman–Crippen LogP) is 3.91. The van der Waals surface area contributed by atoms with Crippen molar-refractivity contribution in [2.45, 2.75) is 0 Å². The van der Waals surface area contributed by atoms with E-state index in [2.05, 4.69) is 0 Å². The van der Waals surface area contributed by atoms with E-state index in [1.165, 1.54) is 17.4 Å². The molecule has 0 atom stereocenters. The molecule has 0 aliphatic heterocycles. The second-order valence-electron chi connectivity index (χ2n) is 2.35. The molecule has 0 fully saturated rings. The average Bonchev–Trinajstić information content (AvgIpc) is 2.48. The highest BCUT2D eigenvalue weighted by atomic mass is 35.5. The van der Waals surface area contributed by atoms with Crippen molar-refractivity contribution in [2.24, 2.45) is 0 Å². The first-order chi connectivity index (χ1) is 5.70. The predicted molar refractivity (Wildman–Crippen MR) is 53.5 cm³/mol. The molecular weight excluding hydrogens is 215 g/mol. The minimum atomic E-state index is 0.0385. The van der Waals surface area contributed by atoms with Crippen molar-refractivity contribution in [1.82, 2.24) is 0 Å². The molecule has 12 heavy (non-hydrogen) atoms. The molecule has 0 radical (unpaired) electrons. The SMILES string of the molecule is Oc1cc(Cl)c2ccsc2c1Cl. The Labute approximate surface area is 83.2 Å². The second kappa shape index (κ2) is 2.80. The lowest BCUT2D eigenvalue weighted by molar-refractivity contribution is 0.476. The van der Waals surface area contributed by atoms with Gasteiger partial charge in [0.05, 0.1) is 9.72 Å². The average molecular weight is 219 g/mol. The number of hydrogen-bond acceptors (Lipinski definition) is 2. The molecule has 4 heteroatoms. The first-order valence-corrected chi connectivity index (χ1v) is 4.88. The number of phenols is 1. The topological polar surface area (TPSA) is 20.2 Å². The second-order valence-corrected chi connectivity index (χ2v) is 4.06. The number of aromatic hydroxyl groups is 1. The van der Waals surface area contributed by atoms with E-state index in [0.29, 0.717) is 10.0 Å². The van der Waals surface area contributed by atoms with Crippen molar-refractivity contribution in [3.8, 4) is 5.75 Å². The lowest BCUT2D eigenvalue weighted by atomic mass is 10.2. The molecule has 0 saturated heterocycles. The van der Waals surface area contributed by atoms with E-state index in [9.17, 15) is 5.11 Å². The summed E-state index contributed by atoms with van der Waals surface area (Å²) in [5.41, 5.74) is 0. The molecule has 1 aromatic carbocycles. The Kier molecular flexibility index (Phi) is 1.91. The fourth-order valence-corrected chi connectivity index (χ4v) is 2.50. The normalized spacial score (nSPS) is 10.8. The Bertz CT molecular complexity index is 436. The molecule has 62 valence electrons. The monoisotopic (exact) mass is 218 g/mol. The van der Waals surface area contributed by atoms with Crippen LogP contribution in [0.25, 0.3) is 10.1 Å². The molecule has 0 saturated carbocycles. The van der Waals surface area contributed by atoms with Crippen LogP contribution in [0.15, 0.2) is 17.5 Å². The number of hydrogen-bond donors (Lipinski definition) is 1. The zero-order chi connectivity index (χ0) is 8.72. The minimum absolute atomic E-state index is 0.0385. The van der Waals surface area contributed by atoms with Crippen molar-refractivity contribution in [3.05, 3.63) is 27.6 Å². The molecular formula is C8H4Cl2OS. The van der Waals surface area contributed by atoms with Gasteiger partial charge in [0.25, 0.3) is 0 Å². The van der Waals surface area contributed by atoms with Crippen LogP contribution in [-0.4, -0.2) is 5.11 Å². The highest BCUT2D eigenvalue weighted by Gasteiger charge is 2.09. The van der Waals surface area contributed by atoms with Gasteiger partial charge in [-0.25, -0.2) is 0 Å². The van der Waals surface area contributed by atoms with Crippen LogP contribution in [0.3, 0.4) is 0 Å². The number of rotatable bonds is 0. The Balaban J connectivity index is 2.97. The van der Waals surface area contributed by atoms with Crippen LogP contribution in [0.2, 0.25) is 10.0 Å². The third kappa shape index (κ3) is 1.07. The van der Waals surface area contributed by atoms with Gasteiger partial charge >= 0.3 is 0 Å². The van der Waals surface area contributed by atoms with Crippen molar-refractivity contribution >= 4 is 44.6 Å². The number of phenolic OH excluding ortho intramolecular Hbond substituents is 1. The summed E-state index contributed by atoms with van der Waals surface area (Å²) in [5, 5.41) is 13.0. The van der Waals surface area contributed by atoms with Crippen molar-refractivity contribution in [1.29, 1.82) is 0 Å². The maximum atomic E-state index is 9.31. The highest BCUT2D eigenvalue weighted by Crippen LogP contribution is 2.39. The van der Waals surface area contributed by atoms with Crippen LogP contribution in [0.1, 0.15) is 0 Å². The van der Waals surface area contributed by atoms with Crippen LogP contribution in [-0.2, 0) is 0 Å². The van der Waals surface area contributed by atoms with E-state index < -0.39 is 0 Å². The Morgan fingerprint density at radius 1 is 1.33 bits per heavy atom. The fourth-order valence-electron chi connectivity index (χ4n) is 1.04. The Morgan fingerprint density at radius 3 is 2.83 bits per heavy atom. The van der Waals surface area contributed by atoms with E-state index in [1.54, 1.807) is 0 Å². The maximum absolute atomic E-state index is 9.31. The molecule has 0 amide bonds. The van der Waals surface area contributed by atoms with Gasteiger partial charge in [-0.2, -0.15) is 0 Å². The summed E-state index contributed by atoms with van der Waals surface area (Å²) in [6, 6.07) is 3.34. The van der Waals surface area contributed by atoms with Crippen molar-refractivity contribution < 1.29 is 5.11 Å². The molecule has 2 rings (SSSR count). The molecule has 0 aliphatic rings. The van der Waals surface area contributed by atoms with Gasteiger partial charge in [0.1, 0.15) is 10.8 Å². The summed E-state index contributed by atoms with van der Waals surface area (Å²) in [6.07, 6.45) is 0. The first-order valence-electron chi connectivity index (χ1n) is 3.24. The van der Waals surface area contributed by atoms with Gasteiger partial charge in [-0.3, -0.25) is 0 Å². The molecule has 0 spiro atoms. The van der Waals surface area contributed by atoms with Gasteiger partial charge in [0.15, 0.2) is 0 Å². The lowest BCUT2D eigenvalue weighted by Gasteiger charge is -1.99. The van der Waals surface area contributed by atoms with E-state index in [-0.39, 0.29) is 5.75 Å². The van der Waals surface area contributed by atoms with Crippen LogP contribution in [0.5, 0.6) is 5.75 Å². The van der Waals surface area contributed by atoms with E-state index in [1.807, 2.05) is 11.4 Å². The smallest absolute Gasteiger partial charge is 0.137 e. The van der Waals surface area contributed by atoms with Crippen LogP contribution >= 0.6 is 34.5 Å². The van der Waals surface area contributed by atoms with Gasteiger partial charge < -0.3 is 5.11 Å². The van der Waals surface area contributed by atoms with Crippen LogP contribution < -0.4 is 0 Å². The highest BCUT2D eigenvalue weighted by molar-refractivity contribution is 7.18. The molecule has 1 N–H and O–H groups in total. The molecule has 1 aromatic heterocycles. The quantitative estimate of drug-likeness (QED) is 0.711. The zero-order valence-corrected chi connectivity index (χ0v) is 8.17. The first kappa shape index (κ1) is 8.17. The summed E-state index contributed by atoms with van der Waals surface area (Å²) in [4.78, 5) is 0. The molecule has 0 unspecified atom stereocenters. The van der Waals surface area contributed by atoms with Crippen molar-refractivity contribution in [3.63, 3.8) is 0 Å². The Morgan fingerprint density at radius 2 is 2.08 bits per heavy atom. The van der Waals surface area contributed by atoms with Crippen LogP contribution in [0, 0.1) is 0 Å². The standard InChI is InChI=1S/C8H4Cl2OS/c9-5-3-6(11)7(10)8-4(5)1-2-12-8/h1-3,11H. The summed E-state index contributed by atoms with van der Waals surface area (Å²) in [7, 11) is 0. The molecule has 1 nitrogen and oxygen atoms in total. The van der Waals surface area contributed by atoms with E-state index in [0.717, 1.165) is 10.1 Å². The van der Waals surface area contributed by atoms with Gasteiger partial charge in [-0.15, -0.1) is 11.3 Å². The Hall–Kier alpha value is -0.440. The molecule has 2 aromatic rings. The summed E-state index contributed by atoms with van der Waals surface area (Å²) in [5.74, 6) is 0.0385.